The van der Waals surface area contributed by atoms with Crippen LogP contribution in [-0.4, -0.2) is 9.97 Å². The Morgan fingerprint density at radius 3 is 2.44 bits per heavy atom. The second-order valence-corrected chi connectivity index (χ2v) is 5.43. The van der Waals surface area contributed by atoms with Crippen LogP contribution in [0.25, 0.3) is 0 Å². The molecule has 2 N–H and O–H groups in total. The number of nitrogens with two attached hydrogens (primary N) is 1. The highest BCUT2D eigenvalue weighted by Crippen LogP contribution is 2.24. The molecule has 1 heterocycles. The fourth-order valence-corrected chi connectivity index (χ4v) is 2.60. The Labute approximate surface area is 116 Å². The Bertz CT molecular complexity index is 552. The van der Waals surface area contributed by atoms with Crippen molar-refractivity contribution in [2.24, 2.45) is 0 Å². The number of thioether (sulfide) groups is 1. The third-order valence-corrected chi connectivity index (χ3v) is 3.65. The molecule has 0 aliphatic carbocycles. The van der Waals surface area contributed by atoms with Gasteiger partial charge in [-0.3, -0.25) is 0 Å². The van der Waals surface area contributed by atoms with Crippen molar-refractivity contribution in [1.82, 2.24) is 9.97 Å². The van der Waals surface area contributed by atoms with E-state index in [2.05, 4.69) is 9.97 Å². The third-order valence-electron chi connectivity index (χ3n) is 2.39. The van der Waals surface area contributed by atoms with Crippen molar-refractivity contribution in [2.75, 3.05) is 5.73 Å². The van der Waals surface area contributed by atoms with Crippen LogP contribution in [0.5, 0.6) is 0 Å². The number of nitrogen functional groups attached to an aromatic ring is 1. The topological polar surface area (TPSA) is 51.8 Å². The zero-order valence-corrected chi connectivity index (χ0v) is 11.8. The normalized spacial score (nSPS) is 10.6. The third kappa shape index (κ3) is 3.37. The van der Waals surface area contributed by atoms with E-state index >= 15 is 0 Å². The van der Waals surface area contributed by atoms with Crippen molar-refractivity contribution >= 4 is 29.1 Å². The molecular formula is C13H14ClN3S. The molecule has 5 heteroatoms. The molecule has 1 aromatic heterocycles. The summed E-state index contributed by atoms with van der Waals surface area (Å²) in [5.41, 5.74) is 9.46. The molecule has 0 spiro atoms. The van der Waals surface area contributed by atoms with Crippen LogP contribution < -0.4 is 5.73 Å². The summed E-state index contributed by atoms with van der Waals surface area (Å²) in [6.07, 6.45) is 0. The SMILES string of the molecule is Cc1cc(C)nc(SCc2ccc(Cl)c(N)c2)n1. The van der Waals surface area contributed by atoms with E-state index in [1.807, 2.05) is 38.1 Å². The van der Waals surface area contributed by atoms with Gasteiger partial charge in [-0.1, -0.05) is 29.4 Å². The van der Waals surface area contributed by atoms with Gasteiger partial charge in [-0.15, -0.1) is 0 Å². The van der Waals surface area contributed by atoms with E-state index in [0.29, 0.717) is 10.7 Å². The first-order valence-electron chi connectivity index (χ1n) is 5.53. The van der Waals surface area contributed by atoms with Crippen LogP contribution in [0.15, 0.2) is 29.4 Å². The van der Waals surface area contributed by atoms with Gasteiger partial charge in [0, 0.05) is 17.1 Å². The van der Waals surface area contributed by atoms with Gasteiger partial charge < -0.3 is 5.73 Å². The zero-order chi connectivity index (χ0) is 13.1. The predicted molar refractivity (Wildman–Crippen MR) is 76.9 cm³/mol. The molecule has 3 nitrogen and oxygen atoms in total. The largest absolute Gasteiger partial charge is 0.398 e. The average Bonchev–Trinajstić information content (AvgIpc) is 2.29. The summed E-state index contributed by atoms with van der Waals surface area (Å²) in [5, 5.41) is 1.38. The second-order valence-electron chi connectivity index (χ2n) is 4.08. The lowest BCUT2D eigenvalue weighted by Crippen LogP contribution is -1.94. The summed E-state index contributed by atoms with van der Waals surface area (Å²) in [6.45, 7) is 3.94. The van der Waals surface area contributed by atoms with Crippen molar-refractivity contribution in [1.29, 1.82) is 0 Å². The minimum atomic E-state index is 0.589. The number of hydrogen-bond donors (Lipinski definition) is 1. The molecule has 0 saturated heterocycles. The van der Waals surface area contributed by atoms with E-state index in [1.54, 1.807) is 11.8 Å². The molecule has 0 aliphatic heterocycles. The van der Waals surface area contributed by atoms with Crippen molar-refractivity contribution in [3.63, 3.8) is 0 Å². The molecule has 2 aromatic rings. The van der Waals surface area contributed by atoms with Crippen LogP contribution in [0.4, 0.5) is 5.69 Å². The minimum Gasteiger partial charge on any atom is -0.398 e. The smallest absolute Gasteiger partial charge is 0.188 e. The molecule has 0 aliphatic rings. The van der Waals surface area contributed by atoms with Crippen LogP contribution >= 0.6 is 23.4 Å². The molecule has 0 bridgehead atoms. The van der Waals surface area contributed by atoms with Crippen LogP contribution in [0.2, 0.25) is 5.02 Å². The zero-order valence-electron chi connectivity index (χ0n) is 10.3. The molecule has 94 valence electrons. The van der Waals surface area contributed by atoms with Gasteiger partial charge in [0.25, 0.3) is 0 Å². The number of rotatable bonds is 3. The van der Waals surface area contributed by atoms with E-state index in [0.717, 1.165) is 27.9 Å². The summed E-state index contributed by atoms with van der Waals surface area (Å²) in [4.78, 5) is 8.77. The van der Waals surface area contributed by atoms with Crippen molar-refractivity contribution in [2.45, 2.75) is 24.8 Å². The minimum absolute atomic E-state index is 0.589. The second kappa shape index (κ2) is 5.59. The fraction of sp³-hybridized carbons (Fsp3) is 0.231. The average molecular weight is 280 g/mol. The van der Waals surface area contributed by atoms with Crippen LogP contribution in [0.3, 0.4) is 0 Å². The highest BCUT2D eigenvalue weighted by Gasteiger charge is 2.03. The predicted octanol–water partition coefficient (Wildman–Crippen LogP) is 3.62. The maximum absolute atomic E-state index is 5.88. The lowest BCUT2D eigenvalue weighted by atomic mass is 10.2. The number of hydrogen-bond acceptors (Lipinski definition) is 4. The van der Waals surface area contributed by atoms with Gasteiger partial charge in [-0.25, -0.2) is 9.97 Å². The van der Waals surface area contributed by atoms with E-state index < -0.39 is 0 Å². The highest BCUT2D eigenvalue weighted by molar-refractivity contribution is 7.98. The Balaban J connectivity index is 2.08. The maximum Gasteiger partial charge on any atom is 0.188 e. The fourth-order valence-electron chi connectivity index (χ4n) is 1.59. The van der Waals surface area contributed by atoms with Gasteiger partial charge >= 0.3 is 0 Å². The van der Waals surface area contributed by atoms with Crippen molar-refractivity contribution < 1.29 is 0 Å². The van der Waals surface area contributed by atoms with Crippen molar-refractivity contribution in [3.05, 3.63) is 46.2 Å². The summed E-state index contributed by atoms with van der Waals surface area (Å²) in [6, 6.07) is 7.63. The molecule has 0 amide bonds. The van der Waals surface area contributed by atoms with E-state index in [4.69, 9.17) is 17.3 Å². The first-order valence-corrected chi connectivity index (χ1v) is 6.90. The molecule has 0 saturated carbocycles. The van der Waals surface area contributed by atoms with Gasteiger partial charge in [0.1, 0.15) is 0 Å². The van der Waals surface area contributed by atoms with Gasteiger partial charge in [0.2, 0.25) is 0 Å². The molecule has 2 rings (SSSR count). The van der Waals surface area contributed by atoms with Gasteiger partial charge in [0.15, 0.2) is 5.16 Å². The Morgan fingerprint density at radius 1 is 1.17 bits per heavy atom. The summed E-state index contributed by atoms with van der Waals surface area (Å²) < 4.78 is 0. The van der Waals surface area contributed by atoms with Crippen molar-refractivity contribution in [3.8, 4) is 0 Å². The van der Waals surface area contributed by atoms with E-state index in [1.165, 1.54) is 0 Å². The van der Waals surface area contributed by atoms with E-state index in [9.17, 15) is 0 Å². The number of anilines is 1. The maximum atomic E-state index is 5.88. The Hall–Kier alpha value is -1.26. The molecule has 0 unspecified atom stereocenters. The number of aryl methyl sites for hydroxylation is 2. The quantitative estimate of drug-likeness (QED) is 0.530. The summed E-state index contributed by atoms with van der Waals surface area (Å²) in [7, 11) is 0. The number of halogens is 1. The van der Waals surface area contributed by atoms with Crippen LogP contribution in [0, 0.1) is 13.8 Å². The Kier molecular flexibility index (Phi) is 4.09. The highest BCUT2D eigenvalue weighted by atomic mass is 35.5. The summed E-state index contributed by atoms with van der Waals surface area (Å²) >= 11 is 7.48. The number of benzene rings is 1. The first-order chi connectivity index (χ1) is 8.54. The molecule has 0 atom stereocenters. The lowest BCUT2D eigenvalue weighted by molar-refractivity contribution is 0.902. The van der Waals surface area contributed by atoms with E-state index in [-0.39, 0.29) is 0 Å². The van der Waals surface area contributed by atoms with Gasteiger partial charge in [-0.2, -0.15) is 0 Å². The van der Waals surface area contributed by atoms with Gasteiger partial charge in [-0.05, 0) is 37.6 Å². The molecule has 18 heavy (non-hydrogen) atoms. The van der Waals surface area contributed by atoms with Crippen LogP contribution in [-0.2, 0) is 5.75 Å². The molecule has 0 fully saturated rings. The van der Waals surface area contributed by atoms with Crippen LogP contribution in [0.1, 0.15) is 17.0 Å². The van der Waals surface area contributed by atoms with Gasteiger partial charge in [0.05, 0.1) is 10.7 Å². The lowest BCUT2D eigenvalue weighted by Gasteiger charge is -2.05. The Morgan fingerprint density at radius 2 is 1.83 bits per heavy atom. The first kappa shape index (κ1) is 13.2. The summed E-state index contributed by atoms with van der Waals surface area (Å²) in [5.74, 6) is 0.782. The molecular weight excluding hydrogens is 266 g/mol. The molecule has 0 radical (unpaired) electrons. The number of aromatic nitrogens is 2. The standard InChI is InChI=1S/C13H14ClN3S/c1-8-5-9(2)17-13(16-8)18-7-10-3-4-11(14)12(15)6-10/h3-6H,7,15H2,1-2H3. The monoisotopic (exact) mass is 279 g/mol. The molecule has 1 aromatic carbocycles. The number of nitrogens with zero attached hydrogens (tertiary/aromatic N) is 2.